The Balaban J connectivity index is 1.45. The lowest BCUT2D eigenvalue weighted by Crippen LogP contribution is -2.31. The number of hydrogen-bond acceptors (Lipinski definition) is 5. The smallest absolute Gasteiger partial charge is 0.261 e. The van der Waals surface area contributed by atoms with Gasteiger partial charge in [-0.25, -0.2) is 0 Å². The number of hydrogen-bond donors (Lipinski definition) is 0. The second kappa shape index (κ2) is 6.30. The fourth-order valence-corrected chi connectivity index (χ4v) is 4.88. The second-order valence-electron chi connectivity index (χ2n) is 7.60. The number of nitrogens with zero attached hydrogens (tertiary/aromatic N) is 4. The van der Waals surface area contributed by atoms with Crippen LogP contribution in [0, 0.1) is 11.8 Å². The van der Waals surface area contributed by atoms with Crippen LogP contribution in [-0.4, -0.2) is 40.0 Å². The van der Waals surface area contributed by atoms with Crippen molar-refractivity contribution in [2.45, 2.75) is 25.8 Å². The first-order chi connectivity index (χ1) is 13.1. The highest BCUT2D eigenvalue weighted by atomic mass is 35.5. The molecule has 2 aromatic rings. The number of rotatable bonds is 3. The lowest BCUT2D eigenvalue weighted by atomic mass is 10.0. The van der Waals surface area contributed by atoms with E-state index >= 15 is 0 Å². The average Bonchev–Trinajstić information content (AvgIpc) is 3.33. The molecule has 3 aliphatic rings. The number of carbonyl (C=O) groups excluding carboxylic acids is 2. The molecule has 2 fully saturated rings. The van der Waals surface area contributed by atoms with Gasteiger partial charge in [-0.05, 0) is 36.8 Å². The number of imide groups is 1. The van der Waals surface area contributed by atoms with Crippen LogP contribution in [0.4, 0.5) is 5.69 Å². The van der Waals surface area contributed by atoms with E-state index in [2.05, 4.69) is 15.1 Å². The van der Waals surface area contributed by atoms with E-state index in [1.807, 2.05) is 6.07 Å². The highest BCUT2D eigenvalue weighted by molar-refractivity contribution is 6.29. The summed E-state index contributed by atoms with van der Waals surface area (Å²) in [7, 11) is 0. The summed E-state index contributed by atoms with van der Waals surface area (Å²) < 4.78 is 0. The third-order valence-electron chi connectivity index (χ3n) is 6.07. The van der Waals surface area contributed by atoms with Crippen LogP contribution < -0.4 is 4.90 Å². The molecule has 5 rings (SSSR count). The Morgan fingerprint density at radius 3 is 2.26 bits per heavy atom. The minimum atomic E-state index is -0.281. The Bertz CT molecular complexity index is 900. The Morgan fingerprint density at radius 1 is 1.00 bits per heavy atom. The number of carbonyl (C=O) groups is 2. The van der Waals surface area contributed by atoms with Crippen LogP contribution in [-0.2, 0) is 6.54 Å². The predicted octanol–water partition coefficient (Wildman–Crippen LogP) is 3.16. The van der Waals surface area contributed by atoms with Crippen molar-refractivity contribution >= 4 is 29.1 Å². The van der Waals surface area contributed by atoms with Crippen molar-refractivity contribution in [3.8, 4) is 0 Å². The van der Waals surface area contributed by atoms with Gasteiger partial charge in [0.05, 0.1) is 23.4 Å². The topological polar surface area (TPSA) is 66.4 Å². The normalized spacial score (nSPS) is 23.9. The van der Waals surface area contributed by atoms with Crippen molar-refractivity contribution < 1.29 is 9.59 Å². The maximum atomic E-state index is 12.7. The first-order valence-electron chi connectivity index (χ1n) is 9.34. The van der Waals surface area contributed by atoms with Crippen molar-refractivity contribution in [2.24, 2.45) is 11.8 Å². The molecular weight excluding hydrogens is 364 g/mol. The van der Waals surface area contributed by atoms with Gasteiger partial charge < -0.3 is 4.90 Å². The van der Waals surface area contributed by atoms with Crippen LogP contribution in [0.3, 0.4) is 0 Å². The molecule has 27 heavy (non-hydrogen) atoms. The fourth-order valence-electron chi connectivity index (χ4n) is 4.74. The monoisotopic (exact) mass is 382 g/mol. The van der Waals surface area contributed by atoms with Crippen LogP contribution in [0.5, 0.6) is 0 Å². The molecule has 0 radical (unpaired) electrons. The molecule has 1 aromatic carbocycles. The van der Waals surface area contributed by atoms with Crippen LogP contribution in [0.2, 0.25) is 5.15 Å². The van der Waals surface area contributed by atoms with Gasteiger partial charge in [0.25, 0.3) is 11.8 Å². The van der Waals surface area contributed by atoms with Gasteiger partial charge in [-0.1, -0.05) is 30.2 Å². The summed E-state index contributed by atoms with van der Waals surface area (Å²) in [6, 6.07) is 8.72. The zero-order valence-electron chi connectivity index (χ0n) is 14.8. The molecule has 2 amide bonds. The summed E-state index contributed by atoms with van der Waals surface area (Å²) >= 11 is 6.12. The number of aromatic nitrogens is 2. The third-order valence-corrected chi connectivity index (χ3v) is 6.26. The molecule has 2 aliphatic heterocycles. The van der Waals surface area contributed by atoms with E-state index in [9.17, 15) is 9.59 Å². The summed E-state index contributed by atoms with van der Waals surface area (Å²) in [6.07, 6.45) is 3.84. The summed E-state index contributed by atoms with van der Waals surface area (Å²) in [5, 5.41) is 8.53. The molecule has 138 valence electrons. The number of fused-ring (bicyclic) bond motifs is 2. The van der Waals surface area contributed by atoms with Crippen molar-refractivity contribution in [3.63, 3.8) is 0 Å². The molecule has 0 N–H and O–H groups in total. The lowest BCUT2D eigenvalue weighted by molar-refractivity contribution is 0.0640. The zero-order valence-corrected chi connectivity index (χ0v) is 15.5. The molecule has 1 aromatic heterocycles. The summed E-state index contributed by atoms with van der Waals surface area (Å²) in [5.74, 6) is 0.862. The molecule has 1 aliphatic carbocycles. The zero-order chi connectivity index (χ0) is 18.5. The molecule has 0 bridgehead atoms. The maximum Gasteiger partial charge on any atom is 0.261 e. The van der Waals surface area contributed by atoms with Gasteiger partial charge in [-0.15, -0.1) is 5.10 Å². The second-order valence-corrected chi connectivity index (χ2v) is 7.98. The van der Waals surface area contributed by atoms with Crippen molar-refractivity contribution in [2.75, 3.05) is 18.0 Å². The van der Waals surface area contributed by atoms with Crippen molar-refractivity contribution in [3.05, 3.63) is 52.3 Å². The molecule has 7 heteroatoms. The number of halogens is 1. The Morgan fingerprint density at radius 2 is 1.63 bits per heavy atom. The summed E-state index contributed by atoms with van der Waals surface area (Å²) in [5.41, 5.74) is 2.40. The highest BCUT2D eigenvalue weighted by Gasteiger charge is 2.39. The van der Waals surface area contributed by atoms with Gasteiger partial charge in [0, 0.05) is 19.2 Å². The largest absolute Gasteiger partial charge is 0.369 e. The molecule has 0 spiro atoms. The molecule has 6 nitrogen and oxygen atoms in total. The maximum absolute atomic E-state index is 12.7. The van der Waals surface area contributed by atoms with E-state index in [-0.39, 0.29) is 18.4 Å². The quantitative estimate of drug-likeness (QED) is 0.763. The van der Waals surface area contributed by atoms with Gasteiger partial charge in [0.2, 0.25) is 0 Å². The van der Waals surface area contributed by atoms with Gasteiger partial charge in [-0.2, -0.15) is 5.10 Å². The first-order valence-corrected chi connectivity index (χ1v) is 9.72. The molecular formula is C20H19ClN4O2. The first kappa shape index (κ1) is 16.7. The number of amides is 2. The summed E-state index contributed by atoms with van der Waals surface area (Å²) in [4.78, 5) is 28.9. The van der Waals surface area contributed by atoms with E-state index in [1.54, 1.807) is 24.3 Å². The van der Waals surface area contributed by atoms with Gasteiger partial charge in [0.15, 0.2) is 5.15 Å². The van der Waals surface area contributed by atoms with Crippen molar-refractivity contribution in [1.82, 2.24) is 15.1 Å². The third kappa shape index (κ3) is 2.70. The predicted molar refractivity (Wildman–Crippen MR) is 101 cm³/mol. The minimum Gasteiger partial charge on any atom is -0.369 e. The van der Waals surface area contributed by atoms with Crippen molar-refractivity contribution in [1.29, 1.82) is 0 Å². The van der Waals surface area contributed by atoms with E-state index in [1.165, 1.54) is 24.2 Å². The molecule has 3 heterocycles. The SMILES string of the molecule is O=C1c2ccccc2C(=O)N1Cc1nnc(Cl)cc1N1CC2CCCC2C1. The molecule has 2 atom stereocenters. The van der Waals surface area contributed by atoms with Gasteiger partial charge in [0.1, 0.15) is 5.69 Å². The van der Waals surface area contributed by atoms with E-state index < -0.39 is 0 Å². The van der Waals surface area contributed by atoms with Gasteiger partial charge in [-0.3, -0.25) is 14.5 Å². The summed E-state index contributed by atoms with van der Waals surface area (Å²) in [6.45, 7) is 2.06. The standard InChI is InChI=1S/C20H19ClN4O2/c21-18-8-17(24-9-12-4-3-5-13(12)10-24)16(22-23-18)11-25-19(26)14-6-1-2-7-15(14)20(25)27/h1-2,6-8,12-13H,3-5,9-11H2. The van der Waals surface area contributed by atoms with E-state index in [0.29, 0.717) is 33.8 Å². The fraction of sp³-hybridized carbons (Fsp3) is 0.400. The molecule has 1 saturated heterocycles. The molecule has 1 saturated carbocycles. The van der Waals surface area contributed by atoms with Crippen LogP contribution >= 0.6 is 11.6 Å². The Labute approximate surface area is 162 Å². The average molecular weight is 383 g/mol. The van der Waals surface area contributed by atoms with E-state index in [0.717, 1.165) is 18.8 Å². The van der Waals surface area contributed by atoms with Crippen LogP contribution in [0.15, 0.2) is 30.3 Å². The molecule has 2 unspecified atom stereocenters. The highest BCUT2D eigenvalue weighted by Crippen LogP contribution is 2.40. The van der Waals surface area contributed by atoms with Gasteiger partial charge >= 0.3 is 0 Å². The van der Waals surface area contributed by atoms with Crippen LogP contribution in [0.25, 0.3) is 0 Å². The Kier molecular flexibility index (Phi) is 3.90. The number of benzene rings is 1. The minimum absolute atomic E-state index is 0.109. The van der Waals surface area contributed by atoms with Crippen LogP contribution in [0.1, 0.15) is 45.7 Å². The van der Waals surface area contributed by atoms with E-state index in [4.69, 9.17) is 11.6 Å². The number of anilines is 1. The lowest BCUT2D eigenvalue weighted by Gasteiger charge is -2.23. The Hall–Kier alpha value is -2.47.